The van der Waals surface area contributed by atoms with Crippen LogP contribution < -0.4 is 20.1 Å². The molecule has 0 amide bonds. The van der Waals surface area contributed by atoms with E-state index < -0.39 is 0 Å². The number of hydrogen-bond donors (Lipinski definition) is 1. The van der Waals surface area contributed by atoms with Crippen LogP contribution >= 0.6 is 0 Å². The van der Waals surface area contributed by atoms with Crippen molar-refractivity contribution in [3.63, 3.8) is 0 Å². The maximum absolute atomic E-state index is 6.07. The van der Waals surface area contributed by atoms with Gasteiger partial charge in [-0.15, -0.1) is 0 Å². The van der Waals surface area contributed by atoms with Gasteiger partial charge in [0.05, 0.1) is 19.2 Å². The number of fused-ring (bicyclic) bond motifs is 1. The van der Waals surface area contributed by atoms with E-state index >= 15 is 0 Å². The van der Waals surface area contributed by atoms with E-state index in [2.05, 4.69) is 28.9 Å². The highest BCUT2D eigenvalue weighted by atomic mass is 16.7. The Bertz CT molecular complexity index is 864. The first-order valence-electron chi connectivity index (χ1n) is 12.0. The van der Waals surface area contributed by atoms with Crippen LogP contribution in [0.1, 0.15) is 39.0 Å². The lowest BCUT2D eigenvalue weighted by Gasteiger charge is -2.36. The molecule has 7 nitrogen and oxygen atoms in total. The number of hydrogen-bond acceptors (Lipinski definition) is 7. The van der Waals surface area contributed by atoms with Gasteiger partial charge in [0.2, 0.25) is 0 Å². The molecule has 0 bridgehead atoms. The Kier molecular flexibility index (Phi) is 8.05. The molecule has 0 saturated carbocycles. The molecule has 2 unspecified atom stereocenters. The van der Waals surface area contributed by atoms with Crippen LogP contribution in [0.5, 0.6) is 11.5 Å². The number of nitrogens with two attached hydrogens (primary N) is 1. The predicted molar refractivity (Wildman–Crippen MR) is 126 cm³/mol. The van der Waals surface area contributed by atoms with Crippen molar-refractivity contribution in [3.8, 4) is 11.5 Å². The Morgan fingerprint density at radius 1 is 1.16 bits per heavy atom. The van der Waals surface area contributed by atoms with Crippen molar-refractivity contribution >= 4 is 16.6 Å². The summed E-state index contributed by atoms with van der Waals surface area (Å²) in [6, 6.07) is 6.12. The van der Waals surface area contributed by atoms with E-state index in [-0.39, 0.29) is 6.29 Å². The number of piperidine rings is 1. The number of benzene rings is 1. The average molecular weight is 444 g/mol. The van der Waals surface area contributed by atoms with Gasteiger partial charge in [0, 0.05) is 43.0 Å². The fourth-order valence-electron chi connectivity index (χ4n) is 4.76. The number of pyridine rings is 1. The second-order valence-corrected chi connectivity index (χ2v) is 8.90. The van der Waals surface area contributed by atoms with Crippen LogP contribution in [0, 0.1) is 11.8 Å². The summed E-state index contributed by atoms with van der Waals surface area (Å²) in [7, 11) is 1.66. The molecule has 0 spiro atoms. The molecule has 1 aromatic carbocycles. The first kappa shape index (κ1) is 23.1. The molecule has 0 radical (unpaired) electrons. The van der Waals surface area contributed by atoms with E-state index in [0.29, 0.717) is 36.5 Å². The summed E-state index contributed by atoms with van der Waals surface area (Å²) in [5.41, 5.74) is 8.01. The molecular weight excluding hydrogens is 406 g/mol. The number of rotatable bonds is 9. The highest BCUT2D eigenvalue weighted by Crippen LogP contribution is 2.37. The molecule has 176 valence electrons. The molecule has 2 atom stereocenters. The Morgan fingerprint density at radius 3 is 2.72 bits per heavy atom. The third kappa shape index (κ3) is 5.45. The molecule has 4 rings (SSSR count). The Morgan fingerprint density at radius 2 is 2.00 bits per heavy atom. The molecule has 3 heterocycles. The van der Waals surface area contributed by atoms with Gasteiger partial charge in [-0.05, 0) is 62.6 Å². The lowest BCUT2D eigenvalue weighted by Crippen LogP contribution is -2.37. The quantitative estimate of drug-likeness (QED) is 0.587. The largest absolute Gasteiger partial charge is 0.493 e. The number of methoxy groups -OCH3 is 1. The highest BCUT2D eigenvalue weighted by molar-refractivity contribution is 5.94. The molecule has 7 heteroatoms. The van der Waals surface area contributed by atoms with Gasteiger partial charge in [0.1, 0.15) is 6.61 Å². The van der Waals surface area contributed by atoms with Gasteiger partial charge in [-0.25, -0.2) is 0 Å². The summed E-state index contributed by atoms with van der Waals surface area (Å²) in [5.74, 6) is 2.69. The van der Waals surface area contributed by atoms with Crippen molar-refractivity contribution in [2.45, 2.75) is 45.3 Å². The zero-order chi connectivity index (χ0) is 22.3. The van der Waals surface area contributed by atoms with Crippen LogP contribution in [0.3, 0.4) is 0 Å². The molecule has 2 aromatic rings. The van der Waals surface area contributed by atoms with Crippen molar-refractivity contribution < 1.29 is 18.9 Å². The SMILES string of the molecule is COc1cc2nccc(N3CCC(C(C)CN)CC3)c2cc1OCCOC1CCCCO1. The fourth-order valence-corrected chi connectivity index (χ4v) is 4.76. The molecule has 2 fully saturated rings. The first-order valence-corrected chi connectivity index (χ1v) is 12.0. The van der Waals surface area contributed by atoms with E-state index in [1.807, 2.05) is 12.3 Å². The topological polar surface area (TPSA) is 79.1 Å². The lowest BCUT2D eigenvalue weighted by molar-refractivity contribution is -0.165. The Labute approximate surface area is 191 Å². The smallest absolute Gasteiger partial charge is 0.162 e. The van der Waals surface area contributed by atoms with E-state index in [9.17, 15) is 0 Å². The molecule has 2 N–H and O–H groups in total. The van der Waals surface area contributed by atoms with Gasteiger partial charge in [-0.1, -0.05) is 6.92 Å². The van der Waals surface area contributed by atoms with Crippen LogP contribution in [0.4, 0.5) is 5.69 Å². The van der Waals surface area contributed by atoms with Crippen molar-refractivity contribution in [2.24, 2.45) is 17.6 Å². The van der Waals surface area contributed by atoms with Crippen molar-refractivity contribution in [3.05, 3.63) is 24.4 Å². The molecular formula is C25H37N3O4. The second kappa shape index (κ2) is 11.2. The average Bonchev–Trinajstić information content (AvgIpc) is 2.86. The summed E-state index contributed by atoms with van der Waals surface area (Å²) in [6.07, 6.45) is 7.34. The van der Waals surface area contributed by atoms with E-state index in [0.717, 1.165) is 56.4 Å². The first-order chi connectivity index (χ1) is 15.7. The van der Waals surface area contributed by atoms with Gasteiger partial charge < -0.3 is 29.6 Å². The summed E-state index contributed by atoms with van der Waals surface area (Å²) in [6.45, 7) is 6.81. The number of ether oxygens (including phenoxy) is 4. The highest BCUT2D eigenvalue weighted by Gasteiger charge is 2.24. The van der Waals surface area contributed by atoms with E-state index in [4.69, 9.17) is 24.7 Å². The van der Waals surface area contributed by atoms with Gasteiger partial charge in [-0.2, -0.15) is 0 Å². The maximum Gasteiger partial charge on any atom is 0.162 e. The standard InChI is InChI=1S/C25H37N3O4/c1-18(17-26)19-7-10-28(11-8-19)22-6-9-27-21-16-23(29-2)24(15-20(21)22)30-13-14-32-25-5-3-4-12-31-25/h6,9,15-16,18-19,25H,3-5,7-8,10-14,17,26H2,1-2H3. The molecule has 1 aromatic heterocycles. The van der Waals surface area contributed by atoms with Crippen LogP contribution in [0.25, 0.3) is 10.9 Å². The van der Waals surface area contributed by atoms with E-state index in [1.165, 1.54) is 18.5 Å². The predicted octanol–water partition coefficient (Wildman–Crippen LogP) is 3.98. The second-order valence-electron chi connectivity index (χ2n) is 8.90. The minimum absolute atomic E-state index is 0.105. The van der Waals surface area contributed by atoms with Gasteiger partial charge in [-0.3, -0.25) is 4.98 Å². The minimum Gasteiger partial charge on any atom is -0.493 e. The monoisotopic (exact) mass is 443 g/mol. The van der Waals surface area contributed by atoms with Crippen LogP contribution in [-0.4, -0.2) is 57.8 Å². The summed E-state index contributed by atoms with van der Waals surface area (Å²) in [4.78, 5) is 7.04. The third-order valence-corrected chi connectivity index (χ3v) is 6.84. The van der Waals surface area contributed by atoms with Gasteiger partial charge in [0.15, 0.2) is 17.8 Å². The molecule has 2 aliphatic rings. The molecule has 2 saturated heterocycles. The summed E-state index contributed by atoms with van der Waals surface area (Å²) >= 11 is 0. The van der Waals surface area contributed by atoms with Crippen LogP contribution in [0.2, 0.25) is 0 Å². The third-order valence-electron chi connectivity index (χ3n) is 6.84. The van der Waals surface area contributed by atoms with Gasteiger partial charge >= 0.3 is 0 Å². The van der Waals surface area contributed by atoms with Crippen molar-refractivity contribution in [1.82, 2.24) is 4.98 Å². The molecule has 2 aliphatic heterocycles. The van der Waals surface area contributed by atoms with Crippen molar-refractivity contribution in [1.29, 1.82) is 0 Å². The zero-order valence-electron chi connectivity index (χ0n) is 19.4. The maximum atomic E-state index is 6.07. The van der Waals surface area contributed by atoms with Gasteiger partial charge in [0.25, 0.3) is 0 Å². The number of anilines is 1. The van der Waals surface area contributed by atoms with E-state index in [1.54, 1.807) is 7.11 Å². The van der Waals surface area contributed by atoms with Crippen LogP contribution in [0.15, 0.2) is 24.4 Å². The lowest BCUT2D eigenvalue weighted by atomic mass is 9.85. The van der Waals surface area contributed by atoms with Crippen LogP contribution in [-0.2, 0) is 9.47 Å². The van der Waals surface area contributed by atoms with Crippen molar-refractivity contribution in [2.75, 3.05) is 51.5 Å². The minimum atomic E-state index is -0.105. The summed E-state index contributed by atoms with van der Waals surface area (Å²) in [5, 5.41) is 1.09. The zero-order valence-corrected chi connectivity index (χ0v) is 19.4. The Hall–Kier alpha value is -2.09. The fraction of sp³-hybridized carbons (Fsp3) is 0.640. The Balaban J connectivity index is 1.45. The summed E-state index contributed by atoms with van der Waals surface area (Å²) < 4.78 is 23.1. The number of nitrogens with zero attached hydrogens (tertiary/aromatic N) is 2. The normalized spacial score (nSPS) is 21.0. The number of aromatic nitrogens is 1. The molecule has 32 heavy (non-hydrogen) atoms. The molecule has 0 aliphatic carbocycles.